The van der Waals surface area contributed by atoms with Crippen LogP contribution in [0.4, 0.5) is 0 Å². The smallest absolute Gasteiger partial charge is 0.338 e. The Morgan fingerprint density at radius 2 is 2.03 bits per heavy atom. The molecular formula is C27H27N3O5S. The van der Waals surface area contributed by atoms with Crippen LogP contribution in [0, 0.1) is 0 Å². The third-order valence-corrected chi connectivity index (χ3v) is 6.42. The lowest BCUT2D eigenvalue weighted by Crippen LogP contribution is -2.40. The fraction of sp³-hybridized carbons (Fsp3) is 0.259. The monoisotopic (exact) mass is 505 g/mol. The van der Waals surface area contributed by atoms with Gasteiger partial charge < -0.3 is 14.2 Å². The van der Waals surface area contributed by atoms with Gasteiger partial charge in [-0.2, -0.15) is 0 Å². The van der Waals surface area contributed by atoms with E-state index in [1.165, 1.54) is 11.3 Å². The molecule has 2 aromatic heterocycles. The average Bonchev–Trinajstić information content (AvgIpc) is 3.17. The Morgan fingerprint density at radius 3 is 2.72 bits per heavy atom. The molecule has 1 aliphatic rings. The normalized spacial score (nSPS) is 15.2. The van der Waals surface area contributed by atoms with E-state index in [9.17, 15) is 9.59 Å². The van der Waals surface area contributed by atoms with Crippen molar-refractivity contribution in [2.24, 2.45) is 4.99 Å². The molecule has 1 aromatic carbocycles. The van der Waals surface area contributed by atoms with E-state index in [-0.39, 0.29) is 12.2 Å². The summed E-state index contributed by atoms with van der Waals surface area (Å²) in [6, 6.07) is 8.32. The zero-order valence-electron chi connectivity index (χ0n) is 20.4. The first-order valence-corrected chi connectivity index (χ1v) is 12.4. The lowest BCUT2D eigenvalue weighted by Gasteiger charge is -2.25. The highest BCUT2D eigenvalue weighted by atomic mass is 32.1. The van der Waals surface area contributed by atoms with E-state index in [0.29, 0.717) is 50.9 Å². The Hall–Kier alpha value is -3.98. The summed E-state index contributed by atoms with van der Waals surface area (Å²) in [4.78, 5) is 36.0. The van der Waals surface area contributed by atoms with Crippen molar-refractivity contribution in [3.05, 3.63) is 97.5 Å². The van der Waals surface area contributed by atoms with Crippen molar-refractivity contribution >= 4 is 23.4 Å². The quantitative estimate of drug-likeness (QED) is 0.328. The third kappa shape index (κ3) is 5.01. The van der Waals surface area contributed by atoms with Gasteiger partial charge in [-0.1, -0.05) is 36.1 Å². The van der Waals surface area contributed by atoms with Gasteiger partial charge in [0.15, 0.2) is 16.3 Å². The molecule has 0 N–H and O–H groups in total. The van der Waals surface area contributed by atoms with Gasteiger partial charge in [0.2, 0.25) is 0 Å². The van der Waals surface area contributed by atoms with Gasteiger partial charge in [-0.3, -0.25) is 14.3 Å². The van der Waals surface area contributed by atoms with E-state index in [2.05, 4.69) is 16.6 Å². The number of ether oxygens (including phenoxy) is 3. The summed E-state index contributed by atoms with van der Waals surface area (Å²) in [6.45, 7) is 9.99. The standard InChI is InChI=1S/C27H27N3O5S/c1-5-13-35-20-11-10-19(15-21(20)33-6-2)24-23(26(32)34-7-3)17(4)29-27-30(24)25(31)22(36-27)14-18-9-8-12-28-16-18/h5,8-12,14-16,24H,1,6-7,13H2,2-4H3. The van der Waals surface area contributed by atoms with E-state index in [0.717, 1.165) is 5.56 Å². The Labute approximate surface area is 212 Å². The summed E-state index contributed by atoms with van der Waals surface area (Å²) < 4.78 is 19.0. The Morgan fingerprint density at radius 1 is 1.19 bits per heavy atom. The van der Waals surface area contributed by atoms with Crippen molar-refractivity contribution in [2.45, 2.75) is 26.8 Å². The number of hydrogen-bond donors (Lipinski definition) is 0. The average molecular weight is 506 g/mol. The molecular weight excluding hydrogens is 478 g/mol. The summed E-state index contributed by atoms with van der Waals surface area (Å²) in [5.41, 5.74) is 2.02. The Balaban J connectivity index is 1.94. The third-order valence-electron chi connectivity index (χ3n) is 5.44. The van der Waals surface area contributed by atoms with Gasteiger partial charge in [-0.25, -0.2) is 9.79 Å². The summed E-state index contributed by atoms with van der Waals surface area (Å²) >= 11 is 1.26. The molecule has 0 saturated carbocycles. The highest BCUT2D eigenvalue weighted by Crippen LogP contribution is 2.36. The van der Waals surface area contributed by atoms with Gasteiger partial charge in [0.25, 0.3) is 5.56 Å². The first kappa shape index (κ1) is 25.1. The molecule has 4 rings (SSSR count). The number of benzene rings is 1. The maximum absolute atomic E-state index is 13.7. The summed E-state index contributed by atoms with van der Waals surface area (Å²) in [5.74, 6) is 0.533. The van der Waals surface area contributed by atoms with Crippen molar-refractivity contribution in [2.75, 3.05) is 19.8 Å². The SMILES string of the molecule is C=CCOc1ccc(C2C(C(=O)OCC)=C(C)N=c3sc(=Cc4cccnc4)c(=O)n32)cc1OCC. The van der Waals surface area contributed by atoms with Gasteiger partial charge in [0.1, 0.15) is 6.61 Å². The topological polar surface area (TPSA) is 92.0 Å². The van der Waals surface area contributed by atoms with E-state index in [4.69, 9.17) is 14.2 Å². The molecule has 0 saturated heterocycles. The fourth-order valence-corrected chi connectivity index (χ4v) is 5.00. The second-order valence-corrected chi connectivity index (χ2v) is 8.84. The molecule has 1 atom stereocenters. The molecule has 0 aliphatic carbocycles. The number of allylic oxidation sites excluding steroid dienone is 1. The van der Waals surface area contributed by atoms with Gasteiger partial charge in [0.05, 0.1) is 35.1 Å². The fourth-order valence-electron chi connectivity index (χ4n) is 3.95. The van der Waals surface area contributed by atoms with Crippen LogP contribution in [-0.4, -0.2) is 35.3 Å². The minimum atomic E-state index is -0.746. The van der Waals surface area contributed by atoms with Crippen LogP contribution in [-0.2, 0) is 9.53 Å². The zero-order valence-corrected chi connectivity index (χ0v) is 21.2. The number of esters is 1. The molecule has 8 nitrogen and oxygen atoms in total. The van der Waals surface area contributed by atoms with Crippen molar-refractivity contribution in [3.63, 3.8) is 0 Å². The predicted molar refractivity (Wildman–Crippen MR) is 138 cm³/mol. The van der Waals surface area contributed by atoms with Crippen LogP contribution < -0.4 is 24.4 Å². The zero-order chi connectivity index (χ0) is 25.7. The molecule has 3 aromatic rings. The Kier molecular flexibility index (Phi) is 7.80. The van der Waals surface area contributed by atoms with Gasteiger partial charge in [-0.05, 0) is 56.2 Å². The van der Waals surface area contributed by atoms with Crippen molar-refractivity contribution in [1.82, 2.24) is 9.55 Å². The first-order valence-electron chi connectivity index (χ1n) is 11.6. The number of aromatic nitrogens is 2. The maximum Gasteiger partial charge on any atom is 0.338 e. The molecule has 9 heteroatoms. The molecule has 3 heterocycles. The number of rotatable bonds is 9. The minimum absolute atomic E-state index is 0.201. The molecule has 0 radical (unpaired) electrons. The number of hydrogen-bond acceptors (Lipinski definition) is 8. The van der Waals surface area contributed by atoms with Crippen molar-refractivity contribution < 1.29 is 19.0 Å². The number of nitrogens with zero attached hydrogens (tertiary/aromatic N) is 3. The lowest BCUT2D eigenvalue weighted by atomic mass is 9.95. The van der Waals surface area contributed by atoms with Gasteiger partial charge in [0, 0.05) is 12.4 Å². The van der Waals surface area contributed by atoms with Crippen LogP contribution >= 0.6 is 11.3 Å². The number of fused-ring (bicyclic) bond motifs is 1. The molecule has 1 unspecified atom stereocenters. The largest absolute Gasteiger partial charge is 0.490 e. The lowest BCUT2D eigenvalue weighted by molar-refractivity contribution is -0.139. The molecule has 186 valence electrons. The number of carbonyl (C=O) groups excluding carboxylic acids is 1. The molecule has 0 bridgehead atoms. The van der Waals surface area contributed by atoms with E-state index < -0.39 is 12.0 Å². The van der Waals surface area contributed by atoms with Crippen LogP contribution in [0.2, 0.25) is 0 Å². The van der Waals surface area contributed by atoms with Crippen LogP contribution in [0.25, 0.3) is 6.08 Å². The van der Waals surface area contributed by atoms with Gasteiger partial charge in [-0.15, -0.1) is 0 Å². The van der Waals surface area contributed by atoms with Gasteiger partial charge >= 0.3 is 5.97 Å². The van der Waals surface area contributed by atoms with Crippen LogP contribution in [0.1, 0.15) is 37.9 Å². The number of thiazole rings is 1. The summed E-state index contributed by atoms with van der Waals surface area (Å²) in [7, 11) is 0. The van der Waals surface area contributed by atoms with Crippen LogP contribution in [0.5, 0.6) is 11.5 Å². The predicted octanol–water partition coefficient (Wildman–Crippen LogP) is 3.16. The highest BCUT2D eigenvalue weighted by Gasteiger charge is 2.34. The second-order valence-electron chi connectivity index (χ2n) is 7.83. The molecule has 0 fully saturated rings. The Bertz CT molecular complexity index is 1490. The molecule has 0 amide bonds. The van der Waals surface area contributed by atoms with Crippen LogP contribution in [0.3, 0.4) is 0 Å². The molecule has 36 heavy (non-hydrogen) atoms. The summed E-state index contributed by atoms with van der Waals surface area (Å²) in [5, 5.41) is 0. The molecule has 0 spiro atoms. The maximum atomic E-state index is 13.7. The number of carbonyl (C=O) groups is 1. The second kappa shape index (κ2) is 11.2. The van der Waals surface area contributed by atoms with Crippen LogP contribution in [0.15, 0.2) is 76.4 Å². The van der Waals surface area contributed by atoms with E-state index in [1.807, 2.05) is 19.1 Å². The first-order chi connectivity index (χ1) is 17.5. The van der Waals surface area contributed by atoms with E-state index >= 15 is 0 Å². The minimum Gasteiger partial charge on any atom is -0.490 e. The van der Waals surface area contributed by atoms with Crippen molar-refractivity contribution in [1.29, 1.82) is 0 Å². The molecule has 1 aliphatic heterocycles. The van der Waals surface area contributed by atoms with Crippen molar-refractivity contribution in [3.8, 4) is 11.5 Å². The summed E-state index contributed by atoms with van der Waals surface area (Å²) in [6.07, 6.45) is 6.78. The van der Waals surface area contributed by atoms with E-state index in [1.54, 1.807) is 61.2 Å². The highest BCUT2D eigenvalue weighted by molar-refractivity contribution is 7.07. The number of pyridine rings is 1.